The van der Waals surface area contributed by atoms with Crippen molar-refractivity contribution in [2.24, 2.45) is 11.5 Å². The summed E-state index contributed by atoms with van der Waals surface area (Å²) < 4.78 is 66.2. The van der Waals surface area contributed by atoms with E-state index >= 15 is 0 Å². The smallest absolute Gasteiger partial charge is 0.449 e. The van der Waals surface area contributed by atoms with E-state index in [1.54, 1.807) is 12.1 Å². The van der Waals surface area contributed by atoms with E-state index in [1.807, 2.05) is 0 Å². The molecule has 0 aromatic heterocycles. The Morgan fingerprint density at radius 3 is 1.65 bits per heavy atom. The zero-order valence-corrected chi connectivity index (χ0v) is 18.8. The van der Waals surface area contributed by atoms with Crippen molar-refractivity contribution in [1.82, 2.24) is 0 Å². The van der Waals surface area contributed by atoms with Gasteiger partial charge in [-0.25, -0.2) is 4.79 Å². The maximum Gasteiger partial charge on any atom is 0.449 e. The van der Waals surface area contributed by atoms with Crippen LogP contribution in [0.15, 0.2) is 48.5 Å². The van der Waals surface area contributed by atoms with Crippen LogP contribution in [0.3, 0.4) is 0 Å². The van der Waals surface area contributed by atoms with Crippen LogP contribution in [0, 0.1) is 0 Å². The predicted molar refractivity (Wildman–Crippen MR) is 115 cm³/mol. The van der Waals surface area contributed by atoms with Crippen LogP contribution in [-0.2, 0) is 47.4 Å². The third-order valence-corrected chi connectivity index (χ3v) is 4.56. The third-order valence-electron chi connectivity index (χ3n) is 3.78. The van der Waals surface area contributed by atoms with E-state index < -0.39 is 44.8 Å². The fraction of sp³-hybridized carbons (Fsp3) is 0.222. The molecule has 0 bridgehead atoms. The molecule has 0 radical (unpaired) electrons. The molecule has 0 spiro atoms. The number of carboxylic acid groups (broad SMARTS) is 1. The van der Waals surface area contributed by atoms with E-state index in [2.05, 4.69) is 8.37 Å². The highest BCUT2D eigenvalue weighted by molar-refractivity contribution is 7.81. The van der Waals surface area contributed by atoms with Crippen LogP contribution >= 0.6 is 0 Å². The number of aromatic hydroxyl groups is 1. The summed E-state index contributed by atoms with van der Waals surface area (Å²) in [5, 5.41) is 17.5. The Labute approximate surface area is 194 Å². The number of phenols is 1. The zero-order valence-electron chi connectivity index (χ0n) is 17.2. The number of rotatable bonds is 9. The fourth-order valence-electron chi connectivity index (χ4n) is 2.28. The van der Waals surface area contributed by atoms with Crippen molar-refractivity contribution in [1.29, 1.82) is 0 Å². The molecule has 0 heterocycles. The number of phenolic OH excluding ortho intramolecular Hbond substituents is 1. The maximum absolute atomic E-state index is 11.2. The molecule has 2 aromatic carbocycles. The highest BCUT2D eigenvalue weighted by Crippen LogP contribution is 2.15. The molecule has 0 fully saturated rings. The van der Waals surface area contributed by atoms with Gasteiger partial charge in [0, 0.05) is 0 Å². The molecule has 16 heteroatoms. The van der Waals surface area contributed by atoms with Gasteiger partial charge in [-0.05, 0) is 48.2 Å². The number of carbonyl (C=O) groups is 2. The van der Waals surface area contributed by atoms with Crippen molar-refractivity contribution < 1.29 is 54.1 Å². The Morgan fingerprint density at radius 1 is 0.794 bits per heavy atom. The van der Waals surface area contributed by atoms with Crippen LogP contribution in [0.1, 0.15) is 11.1 Å². The lowest BCUT2D eigenvalue weighted by molar-refractivity contribution is -0.138. The van der Waals surface area contributed by atoms with Gasteiger partial charge in [0.2, 0.25) is 0 Å². The van der Waals surface area contributed by atoms with Gasteiger partial charge < -0.3 is 30.0 Å². The molecule has 2 unspecified atom stereocenters. The molecule has 0 saturated carbocycles. The lowest BCUT2D eigenvalue weighted by Crippen LogP contribution is -2.35. The Kier molecular flexibility index (Phi) is 10.4. The van der Waals surface area contributed by atoms with Crippen molar-refractivity contribution in [2.45, 2.75) is 24.9 Å². The fourth-order valence-corrected chi connectivity index (χ4v) is 2.96. The second kappa shape index (κ2) is 12.3. The Balaban J connectivity index is 0.000000380. The monoisotopic (exact) mass is 522 g/mol. The van der Waals surface area contributed by atoms with Crippen molar-refractivity contribution >= 4 is 32.7 Å². The van der Waals surface area contributed by atoms with Crippen LogP contribution in [0.2, 0.25) is 0 Å². The van der Waals surface area contributed by atoms with Gasteiger partial charge in [-0.3, -0.25) is 13.9 Å². The normalized spacial score (nSPS) is 13.1. The number of aliphatic carboxylic acids is 1. The maximum atomic E-state index is 11.2. The quantitative estimate of drug-likeness (QED) is 0.226. The van der Waals surface area contributed by atoms with E-state index in [0.717, 1.165) is 5.56 Å². The largest absolute Gasteiger partial charge is 0.508 e. The first-order valence-corrected chi connectivity index (χ1v) is 11.8. The average Bonchev–Trinajstić information content (AvgIpc) is 2.69. The SMILES string of the molecule is NC(Cc1ccc(O)cc1)C(=O)O.NC(Cc1ccc(OS(=O)(=O)O)cc1)C(=O)OS(=O)(=O)O. The molecule has 8 N–H and O–H groups in total. The summed E-state index contributed by atoms with van der Waals surface area (Å²) in [6.45, 7) is 0. The summed E-state index contributed by atoms with van der Waals surface area (Å²) in [6, 6.07) is 9.10. The van der Waals surface area contributed by atoms with Crippen molar-refractivity contribution in [3.63, 3.8) is 0 Å². The first-order chi connectivity index (χ1) is 15.6. The van der Waals surface area contributed by atoms with Crippen LogP contribution in [0.5, 0.6) is 11.5 Å². The Bertz CT molecular complexity index is 1180. The number of hydrogen-bond acceptors (Lipinski definition) is 11. The van der Waals surface area contributed by atoms with E-state index in [9.17, 15) is 26.4 Å². The Hall–Kier alpha value is -3.28. The summed E-state index contributed by atoms with van der Waals surface area (Å²) in [5.41, 5.74) is 11.9. The second-order valence-electron chi connectivity index (χ2n) is 6.61. The molecular formula is C18H22N2O12S2. The van der Waals surface area contributed by atoms with Crippen molar-refractivity contribution in [2.75, 3.05) is 0 Å². The van der Waals surface area contributed by atoms with Crippen LogP contribution in [0.4, 0.5) is 0 Å². The summed E-state index contributed by atoms with van der Waals surface area (Å²) in [4.78, 5) is 21.6. The van der Waals surface area contributed by atoms with Crippen LogP contribution in [0.25, 0.3) is 0 Å². The average molecular weight is 523 g/mol. The third kappa shape index (κ3) is 12.1. The second-order valence-corrected chi connectivity index (χ2v) is 8.66. The van der Waals surface area contributed by atoms with E-state index in [4.69, 9.17) is 30.8 Å². The van der Waals surface area contributed by atoms with Gasteiger partial charge in [-0.1, -0.05) is 24.3 Å². The number of carboxylic acids is 1. The van der Waals surface area contributed by atoms with E-state index in [0.29, 0.717) is 5.56 Å². The number of benzene rings is 2. The molecule has 2 rings (SSSR count). The first-order valence-electron chi connectivity index (χ1n) is 9.04. The molecule has 0 aliphatic heterocycles. The number of carbonyl (C=O) groups excluding carboxylic acids is 1. The van der Waals surface area contributed by atoms with Gasteiger partial charge in [0.1, 0.15) is 23.6 Å². The molecule has 14 nitrogen and oxygen atoms in total. The highest BCUT2D eigenvalue weighted by Gasteiger charge is 2.21. The summed E-state index contributed by atoms with van der Waals surface area (Å²) in [6.07, 6.45) is 0.135. The van der Waals surface area contributed by atoms with Gasteiger partial charge in [-0.2, -0.15) is 16.8 Å². The molecule has 0 amide bonds. The lowest BCUT2D eigenvalue weighted by Gasteiger charge is -2.09. The van der Waals surface area contributed by atoms with E-state index in [1.165, 1.54) is 36.4 Å². The highest BCUT2D eigenvalue weighted by atomic mass is 32.3. The lowest BCUT2D eigenvalue weighted by atomic mass is 10.1. The summed E-state index contributed by atoms with van der Waals surface area (Å²) in [5.74, 6) is -2.38. The van der Waals surface area contributed by atoms with E-state index in [-0.39, 0.29) is 24.3 Å². The standard InChI is InChI=1S/C9H11NO9S2.C9H11NO3/c10-8(9(11)19-21(15,16)17)5-6-1-3-7(4-2-6)18-20(12,13)14;10-8(9(12)13)5-6-1-3-7(11)4-2-6/h1-4,8H,5,10H2,(H,12,13,14)(H,15,16,17);1-4,8,11H,5,10H2,(H,12,13). The van der Waals surface area contributed by atoms with Crippen molar-refractivity contribution in [3.05, 3.63) is 59.7 Å². The summed E-state index contributed by atoms with van der Waals surface area (Å²) in [7, 11) is -9.57. The molecule has 188 valence electrons. The minimum atomic E-state index is -4.93. The van der Waals surface area contributed by atoms with Gasteiger partial charge in [0.05, 0.1) is 0 Å². The minimum Gasteiger partial charge on any atom is -0.508 e. The zero-order chi connectivity index (χ0) is 26.1. The van der Waals surface area contributed by atoms with Crippen LogP contribution in [-0.4, -0.2) is 60.2 Å². The molecule has 34 heavy (non-hydrogen) atoms. The van der Waals surface area contributed by atoms with Gasteiger partial charge in [0.15, 0.2) is 0 Å². The molecule has 0 aliphatic rings. The topological polar surface area (TPSA) is 254 Å². The first kappa shape index (κ1) is 28.8. The number of nitrogens with two attached hydrogens (primary N) is 2. The van der Waals surface area contributed by atoms with Gasteiger partial charge >= 0.3 is 32.7 Å². The molecule has 0 saturated heterocycles. The van der Waals surface area contributed by atoms with Crippen molar-refractivity contribution in [3.8, 4) is 11.5 Å². The van der Waals surface area contributed by atoms with Crippen LogP contribution < -0.4 is 15.7 Å². The number of hydrogen-bond donors (Lipinski definition) is 6. The van der Waals surface area contributed by atoms with Gasteiger partial charge in [-0.15, -0.1) is 0 Å². The molecule has 0 aliphatic carbocycles. The molecular weight excluding hydrogens is 500 g/mol. The molecule has 2 aromatic rings. The summed E-state index contributed by atoms with van der Waals surface area (Å²) >= 11 is 0. The molecule has 2 atom stereocenters. The minimum absolute atomic E-state index is 0.138. The van der Waals surface area contributed by atoms with Gasteiger partial charge in [0.25, 0.3) is 0 Å². The predicted octanol–water partition coefficient (Wildman–Crippen LogP) is -0.569. The Morgan fingerprint density at radius 2 is 1.24 bits per heavy atom.